The third kappa shape index (κ3) is 1.05. The number of hydrogen-bond donors (Lipinski definition) is 3. The highest BCUT2D eigenvalue weighted by molar-refractivity contribution is 5.61. The number of hydrogen-bond acceptors (Lipinski definition) is 4. The Morgan fingerprint density at radius 1 is 1.07 bits per heavy atom. The van der Waals surface area contributed by atoms with Gasteiger partial charge in [-0.3, -0.25) is 4.79 Å². The molecule has 0 spiro atoms. The monoisotopic (exact) mass is 193 g/mol. The molecular formula is C8H7N3O3. The van der Waals surface area contributed by atoms with Crippen LogP contribution in [0.5, 0.6) is 0 Å². The van der Waals surface area contributed by atoms with Gasteiger partial charge in [0.1, 0.15) is 0 Å². The molecule has 14 heavy (non-hydrogen) atoms. The highest BCUT2D eigenvalue weighted by Crippen LogP contribution is 2.09. The van der Waals surface area contributed by atoms with Crippen LogP contribution in [-0.4, -0.2) is 20.1 Å². The predicted molar refractivity (Wildman–Crippen MR) is 45.5 cm³/mol. The largest absolute Gasteiger partial charge is 0.411 e. The molecular weight excluding hydrogens is 186 g/mol. The van der Waals surface area contributed by atoms with Crippen molar-refractivity contribution in [3.63, 3.8) is 0 Å². The zero-order valence-electron chi connectivity index (χ0n) is 7.01. The third-order valence-electron chi connectivity index (χ3n) is 1.95. The second-order valence-corrected chi connectivity index (χ2v) is 2.84. The molecule has 6 nitrogen and oxygen atoms in total. The average Bonchev–Trinajstić information content (AvgIpc) is 2.15. The van der Waals surface area contributed by atoms with E-state index in [1.165, 1.54) is 12.1 Å². The zero-order chi connectivity index (χ0) is 10.3. The maximum absolute atomic E-state index is 11.3. The van der Waals surface area contributed by atoms with E-state index in [2.05, 4.69) is 0 Å². The summed E-state index contributed by atoms with van der Waals surface area (Å²) in [6, 6.07) is 2.58. The van der Waals surface area contributed by atoms with Crippen LogP contribution >= 0.6 is 0 Å². The van der Waals surface area contributed by atoms with Gasteiger partial charge in [-0.05, 0) is 12.1 Å². The molecule has 0 radical (unpaired) electrons. The van der Waals surface area contributed by atoms with Crippen molar-refractivity contribution in [2.24, 2.45) is 0 Å². The Kier molecular flexibility index (Phi) is 1.57. The fourth-order valence-electron chi connectivity index (χ4n) is 1.24. The Labute approximate surface area is 77.6 Å². The molecule has 0 bridgehead atoms. The van der Waals surface area contributed by atoms with E-state index >= 15 is 0 Å². The summed E-state index contributed by atoms with van der Waals surface area (Å²) in [5.41, 5.74) is 0.162. The van der Waals surface area contributed by atoms with Gasteiger partial charge in [-0.2, -0.15) is 0 Å². The first-order chi connectivity index (χ1) is 6.59. The quantitative estimate of drug-likeness (QED) is 0.502. The number of nitrogens with zero attached hydrogens (tertiary/aromatic N) is 2. The summed E-state index contributed by atoms with van der Waals surface area (Å²) >= 11 is 0. The molecule has 0 amide bonds. The van der Waals surface area contributed by atoms with Crippen molar-refractivity contribution in [1.82, 2.24) is 9.69 Å². The molecule has 72 valence electrons. The normalized spacial score (nSPS) is 10.6. The number of fused-ring (bicyclic) bond motifs is 1. The first-order valence-electron chi connectivity index (χ1n) is 3.81. The molecule has 1 heterocycles. The van der Waals surface area contributed by atoms with Gasteiger partial charge in [0.25, 0.3) is 0 Å². The predicted octanol–water partition coefficient (Wildman–Crippen LogP) is -0.291. The van der Waals surface area contributed by atoms with E-state index in [9.17, 15) is 4.79 Å². The van der Waals surface area contributed by atoms with E-state index in [-0.39, 0.29) is 21.9 Å². The lowest BCUT2D eigenvalue weighted by Crippen LogP contribution is -2.21. The van der Waals surface area contributed by atoms with Crippen molar-refractivity contribution in [1.29, 1.82) is 5.41 Å². The first kappa shape index (κ1) is 8.36. The molecule has 0 aromatic carbocycles. The number of nitrogens with one attached hydrogen (secondary N) is 1. The molecule has 3 N–H and O–H groups in total. The van der Waals surface area contributed by atoms with Gasteiger partial charge in [0.2, 0.25) is 0 Å². The molecule has 0 atom stereocenters. The smallest absolute Gasteiger partial charge is 0.188 e. The van der Waals surface area contributed by atoms with E-state index in [1.54, 1.807) is 0 Å². The Morgan fingerprint density at radius 3 is 2.29 bits per heavy atom. The summed E-state index contributed by atoms with van der Waals surface area (Å²) in [6.45, 7) is 0. The maximum Gasteiger partial charge on any atom is 0.188 e. The highest BCUT2D eigenvalue weighted by Gasteiger charge is 2.10. The first-order valence-corrected chi connectivity index (χ1v) is 3.81. The van der Waals surface area contributed by atoms with Crippen LogP contribution in [0.3, 0.4) is 0 Å². The van der Waals surface area contributed by atoms with Crippen molar-refractivity contribution in [2.75, 3.05) is 0 Å². The van der Waals surface area contributed by atoms with E-state index in [1.807, 2.05) is 0 Å². The van der Waals surface area contributed by atoms with Crippen LogP contribution in [0.25, 0.3) is 11.1 Å². The van der Waals surface area contributed by atoms with Gasteiger partial charge in [-0.15, -0.1) is 0 Å². The molecule has 0 saturated heterocycles. The van der Waals surface area contributed by atoms with Crippen LogP contribution in [-0.2, 0) is 0 Å². The minimum Gasteiger partial charge on any atom is -0.411 e. The van der Waals surface area contributed by atoms with Crippen LogP contribution < -0.4 is 10.8 Å². The maximum atomic E-state index is 11.3. The van der Waals surface area contributed by atoms with Crippen LogP contribution in [0.1, 0.15) is 0 Å². The van der Waals surface area contributed by atoms with Crippen molar-refractivity contribution < 1.29 is 10.4 Å². The molecule has 2 rings (SSSR count). The lowest BCUT2D eigenvalue weighted by molar-refractivity contribution is -0.0167. The lowest BCUT2D eigenvalue weighted by atomic mass is 10.1. The molecule has 6 heteroatoms. The molecule has 0 aromatic heterocycles. The van der Waals surface area contributed by atoms with Crippen molar-refractivity contribution in [3.05, 3.63) is 40.1 Å². The SMILES string of the molecule is N=c1ccc(=O)c2cn(O)n(O)cc1-2. The Hall–Kier alpha value is -2.24. The summed E-state index contributed by atoms with van der Waals surface area (Å²) in [5.74, 6) is 0. The fourth-order valence-corrected chi connectivity index (χ4v) is 1.24. The average molecular weight is 193 g/mol. The number of benzene rings is 1. The Morgan fingerprint density at radius 2 is 1.64 bits per heavy atom. The van der Waals surface area contributed by atoms with Gasteiger partial charge in [-0.25, -0.2) is 0 Å². The van der Waals surface area contributed by atoms with E-state index in [0.29, 0.717) is 9.69 Å². The summed E-state index contributed by atoms with van der Waals surface area (Å²) in [7, 11) is 0. The second kappa shape index (κ2) is 2.63. The third-order valence-corrected chi connectivity index (χ3v) is 1.95. The van der Waals surface area contributed by atoms with Gasteiger partial charge in [-0.1, -0.05) is 9.69 Å². The van der Waals surface area contributed by atoms with Crippen LogP contribution in [0.15, 0.2) is 29.3 Å². The fraction of sp³-hybridized carbons (Fsp3) is 0. The molecule has 0 saturated carbocycles. The van der Waals surface area contributed by atoms with E-state index in [4.69, 9.17) is 15.8 Å². The van der Waals surface area contributed by atoms with Crippen LogP contribution in [0, 0.1) is 5.41 Å². The minimum absolute atomic E-state index is 0.114. The summed E-state index contributed by atoms with van der Waals surface area (Å²) in [4.78, 5) is 12.0. The van der Waals surface area contributed by atoms with E-state index in [0.717, 1.165) is 12.4 Å². The van der Waals surface area contributed by atoms with Gasteiger partial charge < -0.3 is 15.8 Å². The molecule has 2 aliphatic rings. The summed E-state index contributed by atoms with van der Waals surface area (Å²) in [5, 5.41) is 25.7. The molecule has 1 aliphatic heterocycles. The zero-order valence-corrected chi connectivity index (χ0v) is 7.01. The summed E-state index contributed by atoms with van der Waals surface area (Å²) < 4.78 is 0. The van der Waals surface area contributed by atoms with Crippen LogP contribution in [0.4, 0.5) is 0 Å². The number of rotatable bonds is 0. The van der Waals surface area contributed by atoms with E-state index < -0.39 is 0 Å². The lowest BCUT2D eigenvalue weighted by Gasteiger charge is -2.09. The van der Waals surface area contributed by atoms with Crippen molar-refractivity contribution in [2.45, 2.75) is 0 Å². The van der Waals surface area contributed by atoms with Crippen molar-refractivity contribution in [3.8, 4) is 11.1 Å². The minimum atomic E-state index is -0.306. The molecule has 0 unspecified atom stereocenters. The van der Waals surface area contributed by atoms with Gasteiger partial charge in [0.15, 0.2) is 5.43 Å². The Balaban J connectivity index is 3.01. The van der Waals surface area contributed by atoms with Gasteiger partial charge >= 0.3 is 0 Å². The highest BCUT2D eigenvalue weighted by atomic mass is 16.6. The second-order valence-electron chi connectivity index (χ2n) is 2.84. The van der Waals surface area contributed by atoms with Crippen molar-refractivity contribution >= 4 is 0 Å². The van der Waals surface area contributed by atoms with Gasteiger partial charge in [0, 0.05) is 5.56 Å². The number of aromatic nitrogens is 2. The molecule has 0 aromatic rings. The van der Waals surface area contributed by atoms with Crippen LogP contribution in [0.2, 0.25) is 0 Å². The van der Waals surface area contributed by atoms with Gasteiger partial charge in [0.05, 0.1) is 23.3 Å². The standard InChI is InChI=1S/C8H7N3O3/c9-7-1-2-8(12)6-4-11(14)10(13)3-5(6)7/h1-4,9,13-14H. The molecule has 0 fully saturated rings. The summed E-state index contributed by atoms with van der Waals surface area (Å²) in [6.07, 6.45) is 2.15. The molecule has 1 aliphatic carbocycles. The Bertz CT molecular complexity index is 518. The topological polar surface area (TPSA) is 91.2 Å².